The Morgan fingerprint density at radius 1 is 1.28 bits per heavy atom. The van der Waals surface area contributed by atoms with Crippen molar-refractivity contribution < 1.29 is 9.53 Å². The van der Waals surface area contributed by atoms with E-state index in [1.54, 1.807) is 4.68 Å². The molecule has 5 nitrogen and oxygen atoms in total. The van der Waals surface area contributed by atoms with Crippen LogP contribution in [0.25, 0.3) is 0 Å². The van der Waals surface area contributed by atoms with Crippen LogP contribution >= 0.6 is 0 Å². The van der Waals surface area contributed by atoms with Gasteiger partial charge in [-0.1, -0.05) is 29.8 Å². The van der Waals surface area contributed by atoms with Gasteiger partial charge in [0.05, 0.1) is 17.4 Å². The predicted molar refractivity (Wildman–Crippen MR) is 97.6 cm³/mol. The molecule has 1 aromatic heterocycles. The van der Waals surface area contributed by atoms with Gasteiger partial charge < -0.3 is 10.1 Å². The number of ether oxygens (including phenoxy) is 1. The van der Waals surface area contributed by atoms with Crippen LogP contribution in [0.4, 0.5) is 0 Å². The maximum Gasteiger partial charge on any atom is 0.255 e. The Bertz CT molecular complexity index is 749. The molecule has 0 aliphatic carbocycles. The van der Waals surface area contributed by atoms with Gasteiger partial charge >= 0.3 is 0 Å². The molecule has 134 valence electrons. The minimum Gasteiger partial charge on any atom is -0.373 e. The molecule has 0 unspecified atom stereocenters. The second kappa shape index (κ2) is 7.40. The summed E-state index contributed by atoms with van der Waals surface area (Å²) in [6.07, 6.45) is 2.14. The zero-order chi connectivity index (χ0) is 18.0. The van der Waals surface area contributed by atoms with E-state index in [9.17, 15) is 4.79 Å². The van der Waals surface area contributed by atoms with Gasteiger partial charge in [-0.2, -0.15) is 5.10 Å². The van der Waals surface area contributed by atoms with Crippen LogP contribution in [0.1, 0.15) is 51.8 Å². The van der Waals surface area contributed by atoms with Crippen molar-refractivity contribution >= 4 is 5.91 Å². The van der Waals surface area contributed by atoms with E-state index in [0.717, 1.165) is 30.8 Å². The molecule has 5 heteroatoms. The number of carbonyl (C=O) groups excluding carboxylic acids is 1. The fourth-order valence-electron chi connectivity index (χ4n) is 3.59. The highest BCUT2D eigenvalue weighted by molar-refractivity contribution is 5.96. The van der Waals surface area contributed by atoms with Crippen LogP contribution in [0.5, 0.6) is 0 Å². The highest BCUT2D eigenvalue weighted by atomic mass is 16.5. The number of aromatic nitrogens is 2. The summed E-state index contributed by atoms with van der Waals surface area (Å²) in [5.74, 6) is 0.244. The van der Waals surface area contributed by atoms with Gasteiger partial charge in [-0.25, -0.2) is 0 Å². The van der Waals surface area contributed by atoms with Gasteiger partial charge in [0.1, 0.15) is 0 Å². The average Bonchev–Trinajstić information content (AvgIpc) is 2.86. The van der Waals surface area contributed by atoms with Crippen molar-refractivity contribution in [2.45, 2.75) is 39.7 Å². The molecule has 1 aliphatic rings. The summed E-state index contributed by atoms with van der Waals surface area (Å²) in [5.41, 5.74) is 4.79. The van der Waals surface area contributed by atoms with Gasteiger partial charge in [0.15, 0.2) is 0 Å². The molecule has 0 radical (unpaired) electrons. The third kappa shape index (κ3) is 3.76. The van der Waals surface area contributed by atoms with Gasteiger partial charge in [0.2, 0.25) is 0 Å². The fourth-order valence-corrected chi connectivity index (χ4v) is 3.59. The number of amides is 1. The number of hydrogen-bond acceptors (Lipinski definition) is 3. The number of benzene rings is 1. The van der Waals surface area contributed by atoms with E-state index in [-0.39, 0.29) is 17.9 Å². The van der Waals surface area contributed by atoms with Gasteiger partial charge in [-0.15, -0.1) is 0 Å². The maximum atomic E-state index is 12.6. The first-order valence-corrected chi connectivity index (χ1v) is 8.94. The number of nitrogens with zero attached hydrogens (tertiary/aromatic N) is 2. The van der Waals surface area contributed by atoms with Crippen LogP contribution in [0, 0.1) is 26.7 Å². The summed E-state index contributed by atoms with van der Waals surface area (Å²) in [5, 5.41) is 7.43. The second-order valence-electron chi connectivity index (χ2n) is 6.98. The molecule has 1 aromatic carbocycles. The van der Waals surface area contributed by atoms with E-state index in [1.165, 1.54) is 11.1 Å². The van der Waals surface area contributed by atoms with Crippen LogP contribution < -0.4 is 5.32 Å². The summed E-state index contributed by atoms with van der Waals surface area (Å²) in [7, 11) is 1.86. The minimum atomic E-state index is -0.0451. The Hall–Kier alpha value is -2.14. The number of nitrogens with one attached hydrogen (secondary N) is 1. The van der Waals surface area contributed by atoms with E-state index < -0.39 is 0 Å². The van der Waals surface area contributed by atoms with Crippen molar-refractivity contribution in [3.63, 3.8) is 0 Å². The molecule has 2 aromatic rings. The summed E-state index contributed by atoms with van der Waals surface area (Å²) in [6, 6.07) is 8.50. The van der Waals surface area contributed by atoms with Crippen LogP contribution in [0.3, 0.4) is 0 Å². The summed E-state index contributed by atoms with van der Waals surface area (Å²) < 4.78 is 7.79. The molecule has 0 bridgehead atoms. The zero-order valence-corrected chi connectivity index (χ0v) is 15.5. The van der Waals surface area contributed by atoms with Crippen molar-refractivity contribution in [2.75, 3.05) is 13.2 Å². The maximum absolute atomic E-state index is 12.6. The SMILES string of the molecule is Cc1ccc([C@@H]2OCCC[C@@H]2CNC(=O)c2c(C)nn(C)c2C)cc1. The molecule has 1 N–H and O–H groups in total. The lowest BCUT2D eigenvalue weighted by atomic mass is 9.89. The largest absolute Gasteiger partial charge is 0.373 e. The van der Waals surface area contributed by atoms with Gasteiger partial charge in [-0.05, 0) is 39.2 Å². The Balaban J connectivity index is 1.69. The Labute approximate surface area is 149 Å². The van der Waals surface area contributed by atoms with E-state index in [1.807, 2.05) is 20.9 Å². The molecule has 25 heavy (non-hydrogen) atoms. The number of hydrogen-bond donors (Lipinski definition) is 1. The van der Waals surface area contributed by atoms with Crippen LogP contribution in [0.2, 0.25) is 0 Å². The second-order valence-corrected chi connectivity index (χ2v) is 6.98. The molecular weight excluding hydrogens is 314 g/mol. The van der Waals surface area contributed by atoms with E-state index in [4.69, 9.17) is 4.74 Å². The molecule has 1 amide bonds. The lowest BCUT2D eigenvalue weighted by Crippen LogP contribution is -2.35. The highest BCUT2D eigenvalue weighted by Gasteiger charge is 2.28. The lowest BCUT2D eigenvalue weighted by Gasteiger charge is -2.32. The summed E-state index contributed by atoms with van der Waals surface area (Å²) in [6.45, 7) is 7.28. The molecule has 3 rings (SSSR count). The van der Waals surface area contributed by atoms with E-state index in [2.05, 4.69) is 41.6 Å². The topological polar surface area (TPSA) is 56.1 Å². The van der Waals surface area contributed by atoms with Crippen LogP contribution in [-0.2, 0) is 11.8 Å². The Kier molecular flexibility index (Phi) is 5.23. The minimum absolute atomic E-state index is 0.0451. The number of aryl methyl sites for hydroxylation is 3. The summed E-state index contributed by atoms with van der Waals surface area (Å²) in [4.78, 5) is 12.6. The van der Waals surface area contributed by atoms with E-state index >= 15 is 0 Å². The lowest BCUT2D eigenvalue weighted by molar-refractivity contribution is -0.0272. The highest BCUT2D eigenvalue weighted by Crippen LogP contribution is 2.33. The molecular formula is C20H27N3O2. The smallest absolute Gasteiger partial charge is 0.255 e. The fraction of sp³-hybridized carbons (Fsp3) is 0.500. The quantitative estimate of drug-likeness (QED) is 0.929. The normalized spacial score (nSPS) is 20.5. The van der Waals surface area contributed by atoms with Crippen LogP contribution in [-0.4, -0.2) is 28.8 Å². The van der Waals surface area contributed by atoms with Crippen LogP contribution in [0.15, 0.2) is 24.3 Å². The standard InChI is InChI=1S/C20H27N3O2/c1-13-7-9-16(10-8-13)19-17(6-5-11-25-19)12-21-20(24)18-14(2)22-23(4)15(18)3/h7-10,17,19H,5-6,11-12H2,1-4H3,(H,21,24)/t17-,19+/m1/s1. The predicted octanol–water partition coefficient (Wildman–Crippen LogP) is 3.24. The van der Waals surface area contributed by atoms with E-state index in [0.29, 0.717) is 12.1 Å². The average molecular weight is 341 g/mol. The summed E-state index contributed by atoms with van der Waals surface area (Å²) >= 11 is 0. The van der Waals surface area contributed by atoms with Crippen molar-refractivity contribution in [1.82, 2.24) is 15.1 Å². The monoisotopic (exact) mass is 341 g/mol. The first-order chi connectivity index (χ1) is 12.0. The molecule has 0 saturated carbocycles. The number of carbonyl (C=O) groups is 1. The molecule has 2 heterocycles. The zero-order valence-electron chi connectivity index (χ0n) is 15.5. The number of rotatable bonds is 4. The molecule has 2 atom stereocenters. The Morgan fingerprint density at radius 3 is 2.64 bits per heavy atom. The van der Waals surface area contributed by atoms with Gasteiger partial charge in [0.25, 0.3) is 5.91 Å². The van der Waals surface area contributed by atoms with Crippen molar-refractivity contribution in [3.8, 4) is 0 Å². The first kappa shape index (κ1) is 17.7. The van der Waals surface area contributed by atoms with Gasteiger partial charge in [0, 0.05) is 31.8 Å². The molecule has 1 fully saturated rings. The van der Waals surface area contributed by atoms with Gasteiger partial charge in [-0.3, -0.25) is 9.48 Å². The third-order valence-corrected chi connectivity index (χ3v) is 5.11. The molecule has 0 spiro atoms. The molecule has 1 saturated heterocycles. The van der Waals surface area contributed by atoms with Crippen molar-refractivity contribution in [2.24, 2.45) is 13.0 Å². The third-order valence-electron chi connectivity index (χ3n) is 5.11. The first-order valence-electron chi connectivity index (χ1n) is 8.94. The Morgan fingerprint density at radius 2 is 2.00 bits per heavy atom. The molecule has 1 aliphatic heterocycles. The van der Waals surface area contributed by atoms with Crippen molar-refractivity contribution in [1.29, 1.82) is 0 Å². The van der Waals surface area contributed by atoms with Crippen molar-refractivity contribution in [3.05, 3.63) is 52.3 Å².